The van der Waals surface area contributed by atoms with Crippen LogP contribution >= 0.6 is 12.4 Å². The van der Waals surface area contributed by atoms with Crippen LogP contribution in [0.2, 0.25) is 0 Å². The molecule has 1 aliphatic heterocycles. The van der Waals surface area contributed by atoms with Gasteiger partial charge in [0.1, 0.15) is 0 Å². The lowest BCUT2D eigenvalue weighted by Gasteiger charge is -2.37. The molecular weight excluding hydrogens is 334 g/mol. The van der Waals surface area contributed by atoms with Crippen molar-refractivity contribution in [1.29, 1.82) is 0 Å². The van der Waals surface area contributed by atoms with Crippen LogP contribution in [0.1, 0.15) is 11.1 Å². The Morgan fingerprint density at radius 1 is 0.920 bits per heavy atom. The molecule has 3 N–H and O–H groups in total. The number of rotatable bonds is 6. The molecule has 0 radical (unpaired) electrons. The number of hydrogen-bond acceptors (Lipinski definition) is 4. The van der Waals surface area contributed by atoms with E-state index in [0.29, 0.717) is 0 Å². The number of aliphatic hydroxyl groups excluding tert-OH is 1. The van der Waals surface area contributed by atoms with Gasteiger partial charge >= 0.3 is 0 Å². The summed E-state index contributed by atoms with van der Waals surface area (Å²) in [4.78, 5) is 4.95. The van der Waals surface area contributed by atoms with Crippen LogP contribution < -0.4 is 10.6 Å². The highest BCUT2D eigenvalue weighted by atomic mass is 35.5. The van der Waals surface area contributed by atoms with Gasteiger partial charge in [-0.05, 0) is 23.6 Å². The third kappa shape index (κ3) is 5.44. The minimum absolute atomic E-state index is 0. The minimum atomic E-state index is -0.189. The molecule has 1 heterocycles. The number of aliphatic hydroxyl groups is 1. The highest BCUT2D eigenvalue weighted by Gasteiger charge is 2.19. The maximum atomic E-state index is 9.23. The highest BCUT2D eigenvalue weighted by molar-refractivity contribution is 5.85. The first-order chi connectivity index (χ1) is 11.8. The maximum Gasteiger partial charge on any atom is 0.0585 e. The summed E-state index contributed by atoms with van der Waals surface area (Å²) in [6.45, 7) is 5.23. The Morgan fingerprint density at radius 3 is 2.24 bits per heavy atom. The van der Waals surface area contributed by atoms with E-state index in [9.17, 15) is 5.11 Å². The molecule has 5 heteroatoms. The SMILES string of the molecule is Cl.NC(CO)Cc1ccccc1N1CCN(Cc2ccccc2)CC1. The number of halogens is 1. The summed E-state index contributed by atoms with van der Waals surface area (Å²) in [5.74, 6) is 0. The van der Waals surface area contributed by atoms with Gasteiger partial charge in [0.05, 0.1) is 6.61 Å². The summed E-state index contributed by atoms with van der Waals surface area (Å²) in [6.07, 6.45) is 0.719. The number of hydrogen-bond donors (Lipinski definition) is 2. The quantitative estimate of drug-likeness (QED) is 0.829. The molecule has 0 spiro atoms. The predicted octanol–water partition coefficient (Wildman–Crippen LogP) is 2.29. The van der Waals surface area contributed by atoms with Crippen LogP contribution in [0.15, 0.2) is 54.6 Å². The maximum absolute atomic E-state index is 9.23. The number of nitrogens with two attached hydrogens (primary N) is 1. The molecule has 0 amide bonds. The van der Waals surface area contributed by atoms with E-state index in [0.717, 1.165) is 39.1 Å². The molecule has 1 aliphatic rings. The van der Waals surface area contributed by atoms with E-state index in [1.54, 1.807) is 0 Å². The number of para-hydroxylation sites is 1. The van der Waals surface area contributed by atoms with Crippen LogP contribution in [-0.2, 0) is 13.0 Å². The van der Waals surface area contributed by atoms with Gasteiger partial charge in [0, 0.05) is 44.5 Å². The molecule has 0 aliphatic carbocycles. The van der Waals surface area contributed by atoms with E-state index in [4.69, 9.17) is 5.73 Å². The second-order valence-corrected chi connectivity index (χ2v) is 6.52. The van der Waals surface area contributed by atoms with Crippen molar-refractivity contribution >= 4 is 18.1 Å². The van der Waals surface area contributed by atoms with Gasteiger partial charge in [-0.25, -0.2) is 0 Å². The van der Waals surface area contributed by atoms with Crippen molar-refractivity contribution in [1.82, 2.24) is 4.90 Å². The van der Waals surface area contributed by atoms with Gasteiger partial charge in [0.25, 0.3) is 0 Å². The molecule has 136 valence electrons. The topological polar surface area (TPSA) is 52.7 Å². The van der Waals surface area contributed by atoms with E-state index in [2.05, 4.69) is 64.4 Å². The summed E-state index contributed by atoms with van der Waals surface area (Å²) in [5.41, 5.74) is 9.81. The lowest BCUT2D eigenvalue weighted by molar-refractivity contribution is 0.249. The number of piperazine rings is 1. The summed E-state index contributed by atoms with van der Waals surface area (Å²) in [7, 11) is 0. The molecule has 0 bridgehead atoms. The summed E-state index contributed by atoms with van der Waals surface area (Å²) >= 11 is 0. The molecule has 1 atom stereocenters. The molecule has 2 aromatic rings. The largest absolute Gasteiger partial charge is 0.395 e. The number of benzene rings is 2. The van der Waals surface area contributed by atoms with Gasteiger partial charge in [-0.3, -0.25) is 4.90 Å². The lowest BCUT2D eigenvalue weighted by atomic mass is 10.0. The van der Waals surface area contributed by atoms with Crippen LogP contribution in [0.5, 0.6) is 0 Å². The van der Waals surface area contributed by atoms with Crippen molar-refractivity contribution in [3.05, 3.63) is 65.7 Å². The van der Waals surface area contributed by atoms with E-state index < -0.39 is 0 Å². The zero-order valence-corrected chi connectivity index (χ0v) is 15.4. The summed E-state index contributed by atoms with van der Waals surface area (Å²) in [6, 6.07) is 18.9. The molecule has 4 nitrogen and oxygen atoms in total. The molecule has 25 heavy (non-hydrogen) atoms. The molecular formula is C20H28ClN3O. The van der Waals surface area contributed by atoms with Crippen LogP contribution in [-0.4, -0.2) is 48.8 Å². The zero-order valence-electron chi connectivity index (χ0n) is 14.6. The van der Waals surface area contributed by atoms with Crippen molar-refractivity contribution in [2.75, 3.05) is 37.7 Å². The summed E-state index contributed by atoms with van der Waals surface area (Å²) in [5, 5.41) is 9.23. The van der Waals surface area contributed by atoms with Crippen molar-refractivity contribution < 1.29 is 5.11 Å². The molecule has 0 aromatic heterocycles. The second kappa shape index (κ2) is 9.78. The average molecular weight is 362 g/mol. The van der Waals surface area contributed by atoms with Crippen molar-refractivity contribution in [3.8, 4) is 0 Å². The van der Waals surface area contributed by atoms with Gasteiger partial charge in [0.15, 0.2) is 0 Å². The fourth-order valence-corrected chi connectivity index (χ4v) is 3.33. The Balaban J connectivity index is 0.00000225. The molecule has 1 fully saturated rings. The fraction of sp³-hybridized carbons (Fsp3) is 0.400. The first-order valence-electron chi connectivity index (χ1n) is 8.72. The van der Waals surface area contributed by atoms with Crippen LogP contribution in [0.25, 0.3) is 0 Å². The van der Waals surface area contributed by atoms with Crippen LogP contribution in [0.3, 0.4) is 0 Å². The Kier molecular flexibility index (Phi) is 7.72. The van der Waals surface area contributed by atoms with E-state index in [1.165, 1.54) is 16.8 Å². The van der Waals surface area contributed by atoms with Crippen molar-refractivity contribution in [2.45, 2.75) is 19.0 Å². The van der Waals surface area contributed by atoms with Gasteiger partial charge < -0.3 is 15.7 Å². The van der Waals surface area contributed by atoms with Gasteiger partial charge in [0.2, 0.25) is 0 Å². The van der Waals surface area contributed by atoms with E-state index in [-0.39, 0.29) is 25.1 Å². The predicted molar refractivity (Wildman–Crippen MR) is 106 cm³/mol. The van der Waals surface area contributed by atoms with Crippen LogP contribution in [0.4, 0.5) is 5.69 Å². The molecule has 1 saturated heterocycles. The van der Waals surface area contributed by atoms with Gasteiger partial charge in [-0.15, -0.1) is 12.4 Å². The number of anilines is 1. The third-order valence-corrected chi connectivity index (χ3v) is 4.67. The van der Waals surface area contributed by atoms with Crippen molar-refractivity contribution in [2.24, 2.45) is 5.73 Å². The minimum Gasteiger partial charge on any atom is -0.395 e. The third-order valence-electron chi connectivity index (χ3n) is 4.67. The molecule has 3 rings (SSSR count). The molecule has 0 saturated carbocycles. The van der Waals surface area contributed by atoms with Crippen molar-refractivity contribution in [3.63, 3.8) is 0 Å². The smallest absolute Gasteiger partial charge is 0.0585 e. The first-order valence-corrected chi connectivity index (χ1v) is 8.72. The zero-order chi connectivity index (χ0) is 16.8. The van der Waals surface area contributed by atoms with Gasteiger partial charge in [-0.2, -0.15) is 0 Å². The Morgan fingerprint density at radius 2 is 1.56 bits per heavy atom. The number of nitrogens with zero attached hydrogens (tertiary/aromatic N) is 2. The summed E-state index contributed by atoms with van der Waals surface area (Å²) < 4.78 is 0. The van der Waals surface area contributed by atoms with E-state index in [1.807, 2.05) is 0 Å². The van der Waals surface area contributed by atoms with Crippen LogP contribution in [0, 0.1) is 0 Å². The Labute approximate surface area is 156 Å². The highest BCUT2D eigenvalue weighted by Crippen LogP contribution is 2.23. The molecule has 1 unspecified atom stereocenters. The Bertz CT molecular complexity index is 630. The normalized spacial score (nSPS) is 16.3. The monoisotopic (exact) mass is 361 g/mol. The fourth-order valence-electron chi connectivity index (χ4n) is 3.33. The van der Waals surface area contributed by atoms with E-state index >= 15 is 0 Å². The average Bonchev–Trinajstić information content (AvgIpc) is 2.64. The van der Waals surface area contributed by atoms with Gasteiger partial charge in [-0.1, -0.05) is 48.5 Å². The standard InChI is InChI=1S/C20H27N3O.ClH/c21-19(16-24)14-18-8-4-5-9-20(18)23-12-10-22(11-13-23)15-17-6-2-1-3-7-17;/h1-9,19,24H,10-16,21H2;1H. The second-order valence-electron chi connectivity index (χ2n) is 6.52. The lowest BCUT2D eigenvalue weighted by Crippen LogP contribution is -2.46. The first kappa shape index (κ1) is 19.7. The Hall–Kier alpha value is -1.59. The molecule has 2 aromatic carbocycles.